The van der Waals surface area contributed by atoms with Crippen molar-refractivity contribution in [1.82, 2.24) is 0 Å². The van der Waals surface area contributed by atoms with Crippen LogP contribution in [0.3, 0.4) is 0 Å². The Hall–Kier alpha value is -0.510. The molecule has 2 saturated carbocycles. The molecule has 48 valence electrons. The van der Waals surface area contributed by atoms with Gasteiger partial charge in [-0.3, -0.25) is 0 Å². The molecule has 0 spiro atoms. The minimum atomic E-state index is 0.182. The third-order valence-corrected chi connectivity index (χ3v) is 2.47. The van der Waals surface area contributed by atoms with Crippen LogP contribution in [0.5, 0.6) is 0 Å². The average Bonchev–Trinajstić information content (AvgIpc) is 2.68. The molecular weight excluding hydrogens is 110 g/mol. The van der Waals surface area contributed by atoms with Crippen LogP contribution < -0.4 is 0 Å². The minimum absolute atomic E-state index is 0.182. The first-order valence-electron chi connectivity index (χ1n) is 3.76. The molecular formula is C8H11N. The van der Waals surface area contributed by atoms with Gasteiger partial charge in [-0.25, -0.2) is 0 Å². The Morgan fingerprint density at radius 3 is 2.44 bits per heavy atom. The molecule has 0 aliphatic heterocycles. The molecule has 2 aliphatic carbocycles. The second-order valence-corrected chi connectivity index (χ2v) is 3.54. The van der Waals surface area contributed by atoms with Gasteiger partial charge in [0.25, 0.3) is 0 Å². The van der Waals surface area contributed by atoms with Crippen LogP contribution in [0.1, 0.15) is 32.1 Å². The van der Waals surface area contributed by atoms with Gasteiger partial charge in [-0.2, -0.15) is 5.26 Å². The molecule has 0 unspecified atom stereocenters. The van der Waals surface area contributed by atoms with Gasteiger partial charge < -0.3 is 0 Å². The van der Waals surface area contributed by atoms with Crippen molar-refractivity contribution < 1.29 is 0 Å². The van der Waals surface area contributed by atoms with E-state index in [2.05, 4.69) is 6.07 Å². The molecule has 0 saturated heterocycles. The lowest BCUT2D eigenvalue weighted by atomic mass is 10.0. The van der Waals surface area contributed by atoms with Gasteiger partial charge in [0, 0.05) is 0 Å². The SMILES string of the molecule is N#CC1(CC2CC2)CC1. The van der Waals surface area contributed by atoms with E-state index in [1.807, 2.05) is 0 Å². The van der Waals surface area contributed by atoms with Crippen molar-refractivity contribution in [2.75, 3.05) is 0 Å². The Morgan fingerprint density at radius 1 is 1.44 bits per heavy atom. The van der Waals surface area contributed by atoms with Crippen molar-refractivity contribution in [2.24, 2.45) is 11.3 Å². The zero-order chi connectivity index (χ0) is 6.32. The molecule has 2 rings (SSSR count). The van der Waals surface area contributed by atoms with E-state index >= 15 is 0 Å². The lowest BCUT2D eigenvalue weighted by molar-refractivity contribution is 0.547. The lowest BCUT2D eigenvalue weighted by Gasteiger charge is -1.99. The van der Waals surface area contributed by atoms with Crippen molar-refractivity contribution in [3.63, 3.8) is 0 Å². The number of hydrogen-bond donors (Lipinski definition) is 0. The van der Waals surface area contributed by atoms with Gasteiger partial charge in [0.05, 0.1) is 11.5 Å². The van der Waals surface area contributed by atoms with E-state index in [0.29, 0.717) is 0 Å². The molecule has 9 heavy (non-hydrogen) atoms. The Kier molecular flexibility index (Phi) is 0.883. The van der Waals surface area contributed by atoms with Gasteiger partial charge in [-0.05, 0) is 25.2 Å². The lowest BCUT2D eigenvalue weighted by Crippen LogP contribution is -1.95. The van der Waals surface area contributed by atoms with Gasteiger partial charge in [0.2, 0.25) is 0 Å². The first-order valence-corrected chi connectivity index (χ1v) is 3.76. The molecule has 2 fully saturated rings. The quantitative estimate of drug-likeness (QED) is 0.548. The van der Waals surface area contributed by atoms with E-state index < -0.39 is 0 Å². The topological polar surface area (TPSA) is 23.8 Å². The van der Waals surface area contributed by atoms with Gasteiger partial charge >= 0.3 is 0 Å². The van der Waals surface area contributed by atoms with E-state index in [1.165, 1.54) is 32.1 Å². The van der Waals surface area contributed by atoms with Crippen molar-refractivity contribution in [1.29, 1.82) is 5.26 Å². The summed E-state index contributed by atoms with van der Waals surface area (Å²) in [7, 11) is 0. The maximum Gasteiger partial charge on any atom is 0.0689 e. The Balaban J connectivity index is 1.90. The smallest absolute Gasteiger partial charge is 0.0689 e. The van der Waals surface area contributed by atoms with Crippen molar-refractivity contribution in [3.8, 4) is 6.07 Å². The summed E-state index contributed by atoms with van der Waals surface area (Å²) in [6, 6.07) is 2.42. The maximum atomic E-state index is 8.68. The molecule has 0 radical (unpaired) electrons. The summed E-state index contributed by atoms with van der Waals surface area (Å²) in [5.41, 5.74) is 0.182. The van der Waals surface area contributed by atoms with E-state index in [0.717, 1.165) is 5.92 Å². The van der Waals surface area contributed by atoms with Gasteiger partial charge in [0.15, 0.2) is 0 Å². The summed E-state index contributed by atoms with van der Waals surface area (Å²) < 4.78 is 0. The zero-order valence-electron chi connectivity index (χ0n) is 5.56. The van der Waals surface area contributed by atoms with Crippen LogP contribution in [-0.4, -0.2) is 0 Å². The van der Waals surface area contributed by atoms with Gasteiger partial charge in [-0.1, -0.05) is 12.8 Å². The van der Waals surface area contributed by atoms with Crippen LogP contribution in [0.2, 0.25) is 0 Å². The zero-order valence-corrected chi connectivity index (χ0v) is 5.56. The van der Waals surface area contributed by atoms with E-state index in [9.17, 15) is 0 Å². The van der Waals surface area contributed by atoms with Crippen LogP contribution in [0.25, 0.3) is 0 Å². The highest BCUT2D eigenvalue weighted by Crippen LogP contribution is 2.54. The van der Waals surface area contributed by atoms with Crippen molar-refractivity contribution in [2.45, 2.75) is 32.1 Å². The van der Waals surface area contributed by atoms with Crippen LogP contribution in [0.4, 0.5) is 0 Å². The number of nitrogens with zero attached hydrogens (tertiary/aromatic N) is 1. The van der Waals surface area contributed by atoms with Crippen molar-refractivity contribution >= 4 is 0 Å². The molecule has 0 aromatic carbocycles. The van der Waals surface area contributed by atoms with Crippen LogP contribution in [0, 0.1) is 22.7 Å². The van der Waals surface area contributed by atoms with E-state index in [1.54, 1.807) is 0 Å². The Morgan fingerprint density at radius 2 is 2.11 bits per heavy atom. The number of nitriles is 1. The van der Waals surface area contributed by atoms with Gasteiger partial charge in [0.1, 0.15) is 0 Å². The summed E-state index contributed by atoms with van der Waals surface area (Å²) >= 11 is 0. The molecule has 0 aromatic rings. The highest BCUT2D eigenvalue weighted by molar-refractivity contribution is 5.11. The maximum absolute atomic E-state index is 8.68. The molecule has 2 aliphatic rings. The fraction of sp³-hybridized carbons (Fsp3) is 0.875. The summed E-state index contributed by atoms with van der Waals surface area (Å²) in [5, 5.41) is 8.68. The van der Waals surface area contributed by atoms with Crippen molar-refractivity contribution in [3.05, 3.63) is 0 Å². The Bertz CT molecular complexity index is 158. The number of hydrogen-bond acceptors (Lipinski definition) is 1. The normalized spacial score (nSPS) is 29.2. The monoisotopic (exact) mass is 121 g/mol. The van der Waals surface area contributed by atoms with Crippen LogP contribution >= 0.6 is 0 Å². The number of rotatable bonds is 2. The van der Waals surface area contributed by atoms with E-state index in [4.69, 9.17) is 5.26 Å². The highest BCUT2D eigenvalue weighted by Gasteiger charge is 2.46. The fourth-order valence-corrected chi connectivity index (χ4v) is 1.39. The summed E-state index contributed by atoms with van der Waals surface area (Å²) in [6.07, 6.45) is 6.36. The van der Waals surface area contributed by atoms with Crippen LogP contribution in [-0.2, 0) is 0 Å². The molecule has 0 bridgehead atoms. The largest absolute Gasteiger partial charge is 0.198 e. The van der Waals surface area contributed by atoms with Crippen LogP contribution in [0.15, 0.2) is 0 Å². The van der Waals surface area contributed by atoms with Gasteiger partial charge in [-0.15, -0.1) is 0 Å². The molecule has 0 atom stereocenters. The molecule has 0 N–H and O–H groups in total. The summed E-state index contributed by atoms with van der Waals surface area (Å²) in [4.78, 5) is 0. The highest BCUT2D eigenvalue weighted by atomic mass is 14.5. The third-order valence-electron chi connectivity index (χ3n) is 2.47. The third kappa shape index (κ3) is 0.941. The average molecular weight is 121 g/mol. The minimum Gasteiger partial charge on any atom is -0.198 e. The molecule has 0 amide bonds. The standard InChI is InChI=1S/C8H11N/c9-6-8(3-4-8)5-7-1-2-7/h7H,1-5H2. The predicted octanol–water partition coefficient (Wildman–Crippen LogP) is 2.09. The second-order valence-electron chi connectivity index (χ2n) is 3.54. The first kappa shape index (κ1) is 5.29. The summed E-state index contributed by atoms with van der Waals surface area (Å²) in [5.74, 6) is 0.937. The second kappa shape index (κ2) is 1.50. The molecule has 1 heteroatoms. The fourth-order valence-electron chi connectivity index (χ4n) is 1.39. The first-order chi connectivity index (χ1) is 4.35. The molecule has 0 aromatic heterocycles. The molecule has 1 nitrogen and oxygen atoms in total. The van der Waals surface area contributed by atoms with E-state index in [-0.39, 0.29) is 5.41 Å². The Labute approximate surface area is 55.7 Å². The predicted molar refractivity (Wildman–Crippen MR) is 34.6 cm³/mol. The molecule has 0 heterocycles. The summed E-state index contributed by atoms with van der Waals surface area (Å²) in [6.45, 7) is 0.